The Hall–Kier alpha value is -2.31. The maximum Gasteiger partial charge on any atom is 0.195 e. The Morgan fingerprint density at radius 1 is 1.15 bits per heavy atom. The number of ether oxygens (including phenoxy) is 2. The molecule has 0 fully saturated rings. The summed E-state index contributed by atoms with van der Waals surface area (Å²) in [6.45, 7) is 2.89. The molecule has 0 aliphatic carbocycles. The normalized spacial score (nSPS) is 11.0. The van der Waals surface area contributed by atoms with E-state index in [1.807, 2.05) is 48.7 Å². The van der Waals surface area contributed by atoms with Crippen molar-refractivity contribution in [2.24, 2.45) is 0 Å². The molecule has 3 rings (SSSR count). The molecule has 0 amide bonds. The summed E-state index contributed by atoms with van der Waals surface area (Å²) in [6.07, 6.45) is 3.17. The van der Waals surface area contributed by atoms with Crippen LogP contribution < -0.4 is 9.47 Å². The maximum atomic E-state index is 12.0. The Morgan fingerprint density at radius 3 is 2.54 bits per heavy atom. The third-order valence-corrected chi connectivity index (χ3v) is 5.11. The van der Waals surface area contributed by atoms with Gasteiger partial charge in [0.2, 0.25) is 0 Å². The number of carbonyl (C=O) groups is 1. The summed E-state index contributed by atoms with van der Waals surface area (Å²) in [5.74, 6) is 2.79. The van der Waals surface area contributed by atoms with Crippen LogP contribution in [0.25, 0.3) is 6.08 Å². The highest BCUT2D eigenvalue weighted by Gasteiger charge is 2.06. The Morgan fingerprint density at radius 2 is 1.88 bits per heavy atom. The predicted molar refractivity (Wildman–Crippen MR) is 106 cm³/mol. The van der Waals surface area contributed by atoms with Gasteiger partial charge in [-0.3, -0.25) is 4.79 Å². The van der Waals surface area contributed by atoms with Gasteiger partial charge >= 0.3 is 0 Å². The average Bonchev–Trinajstić information content (AvgIpc) is 3.28. The molecule has 0 atom stereocenters. The number of thiophene rings is 1. The summed E-state index contributed by atoms with van der Waals surface area (Å²) in [7, 11) is 0. The van der Waals surface area contributed by atoms with Gasteiger partial charge in [0.15, 0.2) is 5.78 Å². The second-order valence-electron chi connectivity index (χ2n) is 5.32. The molecule has 26 heavy (non-hydrogen) atoms. The van der Waals surface area contributed by atoms with Crippen molar-refractivity contribution in [3.63, 3.8) is 0 Å². The van der Waals surface area contributed by atoms with Crippen molar-refractivity contribution in [2.75, 3.05) is 6.61 Å². The van der Waals surface area contributed by atoms with E-state index in [9.17, 15) is 4.79 Å². The first-order valence-corrected chi connectivity index (χ1v) is 9.72. The van der Waals surface area contributed by atoms with Gasteiger partial charge in [-0.2, -0.15) is 0 Å². The van der Waals surface area contributed by atoms with E-state index in [-0.39, 0.29) is 5.78 Å². The van der Waals surface area contributed by atoms with Crippen molar-refractivity contribution < 1.29 is 18.7 Å². The highest BCUT2D eigenvalue weighted by atomic mass is 79.9. The van der Waals surface area contributed by atoms with E-state index < -0.39 is 0 Å². The van der Waals surface area contributed by atoms with E-state index in [0.717, 1.165) is 16.0 Å². The molecule has 0 bridgehead atoms. The molecule has 3 aromatic rings. The van der Waals surface area contributed by atoms with Crippen LogP contribution in [0, 0.1) is 0 Å². The van der Waals surface area contributed by atoms with Gasteiger partial charge in [-0.05, 0) is 77.5 Å². The molecule has 1 aromatic carbocycles. The number of allylic oxidation sites excluding steroid dienone is 1. The van der Waals surface area contributed by atoms with Crippen LogP contribution in [0.2, 0.25) is 0 Å². The van der Waals surface area contributed by atoms with Crippen LogP contribution in [-0.4, -0.2) is 12.4 Å². The lowest BCUT2D eigenvalue weighted by Crippen LogP contribution is -1.94. The minimum atomic E-state index is -0.0516. The molecule has 6 heteroatoms. The van der Waals surface area contributed by atoms with E-state index in [0.29, 0.717) is 29.6 Å². The third kappa shape index (κ3) is 5.09. The Bertz CT molecular complexity index is 893. The SMILES string of the molecule is CCOc1ccc(OCc2ccc(/C=C/C(=O)c3cc(Br)cs3)o2)cc1. The molecule has 0 aliphatic rings. The number of halogens is 1. The van der Waals surface area contributed by atoms with Crippen molar-refractivity contribution >= 4 is 39.1 Å². The fourth-order valence-corrected chi connectivity index (χ4v) is 3.54. The minimum absolute atomic E-state index is 0.0516. The number of benzene rings is 1. The lowest BCUT2D eigenvalue weighted by atomic mass is 10.3. The van der Waals surface area contributed by atoms with Crippen molar-refractivity contribution in [1.29, 1.82) is 0 Å². The Balaban J connectivity index is 1.54. The van der Waals surface area contributed by atoms with Gasteiger partial charge in [-0.25, -0.2) is 0 Å². The van der Waals surface area contributed by atoms with Gasteiger partial charge in [0.25, 0.3) is 0 Å². The second-order valence-corrected chi connectivity index (χ2v) is 7.15. The largest absolute Gasteiger partial charge is 0.494 e. The molecule has 0 aliphatic heterocycles. The first-order valence-electron chi connectivity index (χ1n) is 8.05. The topological polar surface area (TPSA) is 48.7 Å². The summed E-state index contributed by atoms with van der Waals surface area (Å²) < 4.78 is 17.7. The summed E-state index contributed by atoms with van der Waals surface area (Å²) in [5.41, 5.74) is 0. The quantitative estimate of drug-likeness (QED) is 0.324. The van der Waals surface area contributed by atoms with Gasteiger partial charge < -0.3 is 13.9 Å². The fourth-order valence-electron chi connectivity index (χ4n) is 2.20. The summed E-state index contributed by atoms with van der Waals surface area (Å²) in [4.78, 5) is 12.7. The van der Waals surface area contributed by atoms with Crippen LogP contribution in [0.4, 0.5) is 0 Å². The molecule has 2 aromatic heterocycles. The van der Waals surface area contributed by atoms with Crippen molar-refractivity contribution in [3.05, 3.63) is 74.8 Å². The van der Waals surface area contributed by atoms with Crippen LogP contribution in [0.1, 0.15) is 28.1 Å². The molecule has 0 saturated heterocycles. The van der Waals surface area contributed by atoms with E-state index in [2.05, 4.69) is 15.9 Å². The van der Waals surface area contributed by atoms with Crippen LogP contribution in [0.3, 0.4) is 0 Å². The fraction of sp³-hybridized carbons (Fsp3) is 0.150. The predicted octanol–water partition coefficient (Wildman–Crippen LogP) is 5.98. The van der Waals surface area contributed by atoms with Crippen LogP contribution >= 0.6 is 27.3 Å². The molecule has 0 saturated carbocycles. The van der Waals surface area contributed by atoms with Crippen molar-refractivity contribution in [1.82, 2.24) is 0 Å². The average molecular weight is 433 g/mol. The first-order chi connectivity index (χ1) is 12.6. The molecule has 4 nitrogen and oxygen atoms in total. The van der Waals surface area contributed by atoms with Crippen molar-refractivity contribution in [3.8, 4) is 11.5 Å². The number of rotatable bonds is 8. The van der Waals surface area contributed by atoms with E-state index >= 15 is 0 Å². The molecule has 0 spiro atoms. The lowest BCUT2D eigenvalue weighted by molar-refractivity contribution is 0.105. The summed E-state index contributed by atoms with van der Waals surface area (Å²) in [6, 6.07) is 12.9. The minimum Gasteiger partial charge on any atom is -0.494 e. The van der Waals surface area contributed by atoms with Crippen LogP contribution in [-0.2, 0) is 6.61 Å². The number of carbonyl (C=O) groups excluding carboxylic acids is 1. The smallest absolute Gasteiger partial charge is 0.195 e. The van der Waals surface area contributed by atoms with Gasteiger partial charge in [0.1, 0.15) is 29.6 Å². The first kappa shape index (κ1) is 18.5. The lowest BCUT2D eigenvalue weighted by Gasteiger charge is -2.06. The number of hydrogen-bond acceptors (Lipinski definition) is 5. The Labute approximate surface area is 164 Å². The zero-order valence-corrected chi connectivity index (χ0v) is 16.5. The number of furan rings is 1. The summed E-state index contributed by atoms with van der Waals surface area (Å²) >= 11 is 4.74. The number of ketones is 1. The van der Waals surface area contributed by atoms with Crippen molar-refractivity contribution in [2.45, 2.75) is 13.5 Å². The molecule has 0 unspecified atom stereocenters. The summed E-state index contributed by atoms with van der Waals surface area (Å²) in [5, 5.41) is 1.88. The van der Waals surface area contributed by atoms with E-state index in [4.69, 9.17) is 13.9 Å². The zero-order chi connectivity index (χ0) is 18.4. The maximum absolute atomic E-state index is 12.0. The number of hydrogen-bond donors (Lipinski definition) is 0. The van der Waals surface area contributed by atoms with Crippen LogP contribution in [0.15, 0.2) is 62.8 Å². The van der Waals surface area contributed by atoms with Crippen LogP contribution in [0.5, 0.6) is 11.5 Å². The molecular formula is C20H17BrO4S. The molecule has 134 valence electrons. The zero-order valence-electron chi connectivity index (χ0n) is 14.1. The monoisotopic (exact) mass is 432 g/mol. The van der Waals surface area contributed by atoms with Gasteiger partial charge in [0, 0.05) is 9.85 Å². The Kier molecular flexibility index (Phi) is 6.30. The molecular weight excluding hydrogens is 416 g/mol. The van der Waals surface area contributed by atoms with E-state index in [1.54, 1.807) is 12.1 Å². The van der Waals surface area contributed by atoms with Gasteiger partial charge in [0.05, 0.1) is 11.5 Å². The van der Waals surface area contributed by atoms with Gasteiger partial charge in [-0.15, -0.1) is 11.3 Å². The highest BCUT2D eigenvalue weighted by molar-refractivity contribution is 9.10. The molecule has 0 N–H and O–H groups in total. The second kappa shape index (κ2) is 8.87. The van der Waals surface area contributed by atoms with E-state index in [1.165, 1.54) is 17.4 Å². The molecule has 0 radical (unpaired) electrons. The standard InChI is InChI=1S/C20H17BrO4S/c1-2-23-15-3-5-16(6-4-15)24-12-18-8-7-17(25-18)9-10-19(22)20-11-14(21)13-26-20/h3-11,13H,2,12H2,1H3/b10-9+. The molecule has 2 heterocycles. The highest BCUT2D eigenvalue weighted by Crippen LogP contribution is 2.22. The third-order valence-electron chi connectivity index (χ3n) is 3.41. The van der Waals surface area contributed by atoms with Gasteiger partial charge in [-0.1, -0.05) is 0 Å².